The van der Waals surface area contributed by atoms with E-state index in [2.05, 4.69) is 0 Å². The van der Waals surface area contributed by atoms with E-state index < -0.39 is 17.1 Å². The molecule has 2 aromatic rings. The van der Waals surface area contributed by atoms with Gasteiger partial charge in [0.1, 0.15) is 5.75 Å². The van der Waals surface area contributed by atoms with E-state index >= 15 is 0 Å². The van der Waals surface area contributed by atoms with Gasteiger partial charge < -0.3 is 4.74 Å². The van der Waals surface area contributed by atoms with Gasteiger partial charge in [-0.15, -0.1) is 0 Å². The third kappa shape index (κ3) is 3.79. The summed E-state index contributed by atoms with van der Waals surface area (Å²) in [4.78, 5) is 24.1. The van der Waals surface area contributed by atoms with Crippen LogP contribution in [0.4, 0.5) is 4.39 Å². The molecule has 0 aliphatic rings. The summed E-state index contributed by atoms with van der Waals surface area (Å²) >= 11 is 0. The first-order chi connectivity index (χ1) is 10.1. The van der Waals surface area contributed by atoms with Gasteiger partial charge in [-0.05, 0) is 30.7 Å². The maximum atomic E-state index is 13.0. The molecule has 1 aromatic heterocycles. The number of hydrogen-bond acceptors (Lipinski definition) is 4. The molecule has 21 heavy (non-hydrogen) atoms. The van der Waals surface area contributed by atoms with Crippen LogP contribution in [0.15, 0.2) is 40.1 Å². The Bertz CT molecular complexity index is 772. The van der Waals surface area contributed by atoms with Crippen molar-refractivity contribution in [2.24, 2.45) is 0 Å². The first-order valence-electron chi connectivity index (χ1n) is 6.22. The molecule has 0 radical (unpaired) electrons. The van der Waals surface area contributed by atoms with Gasteiger partial charge in [0.25, 0.3) is 5.56 Å². The molecule has 0 bridgehead atoms. The fraction of sp³-hybridized carbons (Fsp3) is 0.214. The van der Waals surface area contributed by atoms with Crippen LogP contribution in [-0.2, 0) is 6.54 Å². The van der Waals surface area contributed by atoms with Crippen LogP contribution in [-0.4, -0.2) is 16.2 Å². The Balaban J connectivity index is 1.87. The molecule has 0 spiro atoms. The molecule has 108 valence electrons. The van der Waals surface area contributed by atoms with Gasteiger partial charge >= 0.3 is 5.69 Å². The number of benzene rings is 1. The highest BCUT2D eigenvalue weighted by molar-refractivity contribution is 5.34. The summed E-state index contributed by atoms with van der Waals surface area (Å²) in [5, 5.41) is 8.66. The van der Waals surface area contributed by atoms with Gasteiger partial charge in [-0.2, -0.15) is 9.65 Å². The summed E-state index contributed by atoms with van der Waals surface area (Å²) in [7, 11) is 0. The van der Waals surface area contributed by atoms with E-state index in [9.17, 15) is 14.0 Å². The average Bonchev–Trinajstić information content (AvgIpc) is 2.49. The first-order valence-corrected chi connectivity index (χ1v) is 6.22. The molecule has 0 aliphatic carbocycles. The molecule has 1 N–H and O–H groups in total. The fourth-order valence-corrected chi connectivity index (χ4v) is 1.70. The third-order valence-corrected chi connectivity index (χ3v) is 2.76. The third-order valence-electron chi connectivity index (χ3n) is 2.76. The smallest absolute Gasteiger partial charge is 0.328 e. The van der Waals surface area contributed by atoms with Crippen molar-refractivity contribution in [2.75, 3.05) is 6.61 Å². The zero-order valence-corrected chi connectivity index (χ0v) is 11.0. The van der Waals surface area contributed by atoms with Crippen LogP contribution in [0.3, 0.4) is 0 Å². The molecule has 1 heterocycles. The SMILES string of the molecule is N#Cc1ccc(OCCCn2cc(F)c(=O)[nH]c2=O)cc1. The number of aromatic amines is 1. The number of rotatable bonds is 5. The van der Waals surface area contributed by atoms with Crippen LogP contribution in [0.25, 0.3) is 0 Å². The van der Waals surface area contributed by atoms with E-state index in [1.54, 1.807) is 24.3 Å². The predicted octanol–water partition coefficient (Wildman–Crippen LogP) is 1.02. The van der Waals surface area contributed by atoms with E-state index in [1.807, 2.05) is 11.1 Å². The van der Waals surface area contributed by atoms with Crippen molar-refractivity contribution in [1.29, 1.82) is 5.26 Å². The summed E-state index contributed by atoms with van der Waals surface area (Å²) in [5.41, 5.74) is -1.14. The van der Waals surface area contributed by atoms with Crippen LogP contribution in [0, 0.1) is 17.1 Å². The number of aryl methyl sites for hydroxylation is 1. The van der Waals surface area contributed by atoms with Crippen LogP contribution in [0.2, 0.25) is 0 Å². The highest BCUT2D eigenvalue weighted by Gasteiger charge is 2.03. The van der Waals surface area contributed by atoms with Crippen molar-refractivity contribution in [3.8, 4) is 11.8 Å². The quantitative estimate of drug-likeness (QED) is 0.832. The number of nitriles is 1. The lowest BCUT2D eigenvalue weighted by atomic mass is 10.2. The predicted molar refractivity (Wildman–Crippen MR) is 72.5 cm³/mol. The minimum absolute atomic E-state index is 0.225. The molecule has 0 atom stereocenters. The lowest BCUT2D eigenvalue weighted by Crippen LogP contribution is -2.31. The second-order valence-electron chi connectivity index (χ2n) is 4.27. The number of hydrogen-bond donors (Lipinski definition) is 1. The summed E-state index contributed by atoms with van der Waals surface area (Å²) < 4.78 is 19.6. The standard InChI is InChI=1S/C14H12FN3O3/c15-12-9-18(14(20)17-13(12)19)6-1-7-21-11-4-2-10(8-16)3-5-11/h2-5,9H,1,6-7H2,(H,17,19,20). The minimum Gasteiger partial charge on any atom is -0.494 e. The number of ether oxygens (including phenoxy) is 1. The number of nitrogens with zero attached hydrogens (tertiary/aromatic N) is 2. The van der Waals surface area contributed by atoms with Gasteiger partial charge in [0.2, 0.25) is 5.82 Å². The van der Waals surface area contributed by atoms with Gasteiger partial charge in [-0.1, -0.05) is 0 Å². The Kier molecular flexibility index (Phi) is 4.51. The Morgan fingerprint density at radius 1 is 1.29 bits per heavy atom. The molecule has 0 aliphatic heterocycles. The number of halogens is 1. The Hall–Kier alpha value is -2.88. The number of H-pyrrole nitrogens is 1. The molecule has 1 aromatic carbocycles. The number of aromatic nitrogens is 2. The molecular weight excluding hydrogens is 277 g/mol. The lowest BCUT2D eigenvalue weighted by Gasteiger charge is -2.07. The van der Waals surface area contributed by atoms with Gasteiger partial charge in [-0.25, -0.2) is 4.79 Å². The minimum atomic E-state index is -1.02. The van der Waals surface area contributed by atoms with Gasteiger partial charge in [-0.3, -0.25) is 14.3 Å². The lowest BCUT2D eigenvalue weighted by molar-refractivity contribution is 0.300. The first kappa shape index (κ1) is 14.5. The molecule has 6 nitrogen and oxygen atoms in total. The van der Waals surface area contributed by atoms with E-state index in [0.29, 0.717) is 24.3 Å². The molecule has 0 saturated carbocycles. The van der Waals surface area contributed by atoms with Gasteiger partial charge in [0, 0.05) is 6.54 Å². The zero-order valence-electron chi connectivity index (χ0n) is 11.0. The molecule has 2 rings (SSSR count). The van der Waals surface area contributed by atoms with Crippen LogP contribution in [0.1, 0.15) is 12.0 Å². The van der Waals surface area contributed by atoms with Crippen LogP contribution in [0.5, 0.6) is 5.75 Å². The molecule has 0 fully saturated rings. The maximum absolute atomic E-state index is 13.0. The van der Waals surface area contributed by atoms with E-state index in [0.717, 1.165) is 10.8 Å². The second kappa shape index (κ2) is 6.52. The zero-order chi connectivity index (χ0) is 15.2. The highest BCUT2D eigenvalue weighted by atomic mass is 19.1. The molecular formula is C14H12FN3O3. The highest BCUT2D eigenvalue weighted by Crippen LogP contribution is 2.11. The summed E-state index contributed by atoms with van der Waals surface area (Å²) in [6.45, 7) is 0.544. The van der Waals surface area contributed by atoms with Crippen molar-refractivity contribution >= 4 is 0 Å². The van der Waals surface area contributed by atoms with E-state index in [1.165, 1.54) is 0 Å². The van der Waals surface area contributed by atoms with Crippen molar-refractivity contribution < 1.29 is 9.13 Å². The maximum Gasteiger partial charge on any atom is 0.328 e. The van der Waals surface area contributed by atoms with E-state index in [4.69, 9.17) is 10.00 Å². The Morgan fingerprint density at radius 3 is 2.67 bits per heavy atom. The molecule has 0 unspecified atom stereocenters. The van der Waals surface area contributed by atoms with Crippen molar-refractivity contribution in [2.45, 2.75) is 13.0 Å². The summed E-state index contributed by atoms with van der Waals surface area (Å²) in [6, 6.07) is 8.62. The molecule has 0 amide bonds. The second-order valence-corrected chi connectivity index (χ2v) is 4.27. The topological polar surface area (TPSA) is 87.9 Å². The van der Waals surface area contributed by atoms with Gasteiger partial charge in [0.15, 0.2) is 0 Å². The summed E-state index contributed by atoms with van der Waals surface area (Å²) in [5.74, 6) is -0.392. The summed E-state index contributed by atoms with van der Waals surface area (Å²) in [6.07, 6.45) is 1.34. The van der Waals surface area contributed by atoms with Gasteiger partial charge in [0.05, 0.1) is 24.4 Å². The van der Waals surface area contributed by atoms with Crippen molar-refractivity contribution in [3.05, 3.63) is 62.7 Å². The molecule has 7 heteroatoms. The van der Waals surface area contributed by atoms with Crippen molar-refractivity contribution in [3.63, 3.8) is 0 Å². The fourth-order valence-electron chi connectivity index (χ4n) is 1.70. The normalized spacial score (nSPS) is 10.1. The largest absolute Gasteiger partial charge is 0.494 e. The monoisotopic (exact) mass is 289 g/mol. The van der Waals surface area contributed by atoms with Crippen LogP contribution >= 0.6 is 0 Å². The van der Waals surface area contributed by atoms with E-state index in [-0.39, 0.29) is 6.54 Å². The number of nitrogens with one attached hydrogen (secondary N) is 1. The van der Waals surface area contributed by atoms with Crippen molar-refractivity contribution in [1.82, 2.24) is 9.55 Å². The Morgan fingerprint density at radius 2 is 2.00 bits per heavy atom. The Labute approximate surface area is 119 Å². The van der Waals surface area contributed by atoms with Crippen LogP contribution < -0.4 is 16.0 Å². The average molecular weight is 289 g/mol. The molecule has 0 saturated heterocycles.